The number of nitrogens with one attached hydrogen (secondary N) is 2. The topological polar surface area (TPSA) is 105 Å². The van der Waals surface area contributed by atoms with E-state index in [0.717, 1.165) is 18.8 Å². The lowest BCUT2D eigenvalue weighted by atomic mass is 10.1. The smallest absolute Gasteiger partial charge is 0.319 e. The van der Waals surface area contributed by atoms with Crippen LogP contribution >= 0.6 is 0 Å². The lowest BCUT2D eigenvalue weighted by Crippen LogP contribution is -2.37. The first-order valence-electron chi connectivity index (χ1n) is 10.4. The molecule has 3 aromatic rings. The van der Waals surface area contributed by atoms with Gasteiger partial charge in [0.15, 0.2) is 0 Å². The van der Waals surface area contributed by atoms with E-state index in [0.29, 0.717) is 35.6 Å². The number of nitrogens with two attached hydrogens (primary N) is 1. The van der Waals surface area contributed by atoms with Crippen LogP contribution in [0.25, 0.3) is 0 Å². The van der Waals surface area contributed by atoms with E-state index in [4.69, 9.17) is 10.5 Å². The van der Waals surface area contributed by atoms with Gasteiger partial charge in [-0.2, -0.15) is 0 Å². The fourth-order valence-corrected chi connectivity index (χ4v) is 3.38. The van der Waals surface area contributed by atoms with Crippen molar-refractivity contribution in [1.29, 1.82) is 0 Å². The van der Waals surface area contributed by atoms with Gasteiger partial charge in [0.25, 0.3) is 0 Å². The molecule has 1 saturated heterocycles. The van der Waals surface area contributed by atoms with Gasteiger partial charge in [-0.05, 0) is 42.0 Å². The Balaban J connectivity index is 1.38. The van der Waals surface area contributed by atoms with Crippen molar-refractivity contribution in [2.24, 2.45) is 0 Å². The molecule has 1 aromatic heterocycles. The molecule has 0 aliphatic carbocycles. The minimum Gasteiger partial charge on any atom is -0.378 e. The minimum atomic E-state index is -0.399. The number of urea groups is 1. The number of halogens is 1. The third-order valence-electron chi connectivity index (χ3n) is 4.98. The van der Waals surface area contributed by atoms with Crippen molar-refractivity contribution in [2.45, 2.75) is 6.54 Å². The number of nitrogens with zero attached hydrogens (tertiary/aromatic N) is 3. The Kier molecular flexibility index (Phi) is 6.97. The predicted molar refractivity (Wildman–Crippen MR) is 124 cm³/mol. The van der Waals surface area contributed by atoms with E-state index >= 15 is 0 Å². The van der Waals surface area contributed by atoms with Gasteiger partial charge in [0.1, 0.15) is 5.82 Å². The van der Waals surface area contributed by atoms with E-state index in [-0.39, 0.29) is 18.3 Å². The number of ether oxygens (including phenoxy) is 1. The predicted octanol–water partition coefficient (Wildman–Crippen LogP) is 2.76. The van der Waals surface area contributed by atoms with Crippen LogP contribution < -0.4 is 21.3 Å². The molecule has 0 bridgehead atoms. The maximum Gasteiger partial charge on any atom is 0.319 e. The van der Waals surface area contributed by atoms with Crippen molar-refractivity contribution in [2.75, 3.05) is 42.3 Å². The quantitative estimate of drug-likeness (QED) is 0.533. The van der Waals surface area contributed by atoms with Crippen molar-refractivity contribution in [3.05, 3.63) is 77.4 Å². The number of carbonyl (C=O) groups excluding carboxylic acids is 1. The number of amides is 2. The number of nitrogen functional groups attached to an aromatic ring is 1. The summed E-state index contributed by atoms with van der Waals surface area (Å²) in [5, 5.41) is 5.58. The second kappa shape index (κ2) is 10.4. The lowest BCUT2D eigenvalue weighted by Gasteiger charge is -2.30. The largest absolute Gasteiger partial charge is 0.378 e. The average molecular weight is 446 g/mol. The van der Waals surface area contributed by atoms with Crippen molar-refractivity contribution in [1.82, 2.24) is 15.3 Å². The molecule has 0 saturated carbocycles. The molecule has 33 heavy (non-hydrogen) atoms. The molecule has 4 rings (SSSR count). The molecule has 0 atom stereocenters. The van der Waals surface area contributed by atoms with Crippen LogP contribution in [0.2, 0.25) is 0 Å². The molecule has 2 amide bonds. The highest BCUT2D eigenvalue weighted by Gasteiger charge is 2.16. The summed E-state index contributed by atoms with van der Waals surface area (Å²) in [5.74, 6) is 5.79. The normalized spacial score (nSPS) is 13.1. The van der Waals surface area contributed by atoms with Crippen LogP contribution in [0, 0.1) is 17.7 Å². The second-order valence-corrected chi connectivity index (χ2v) is 7.34. The van der Waals surface area contributed by atoms with Gasteiger partial charge in [-0.15, -0.1) is 0 Å². The molecular formula is C24H23FN6O2. The molecule has 1 aliphatic rings. The van der Waals surface area contributed by atoms with Gasteiger partial charge in [-0.25, -0.2) is 19.2 Å². The monoisotopic (exact) mass is 446 g/mol. The number of benzene rings is 2. The fraction of sp³-hybridized carbons (Fsp3) is 0.208. The summed E-state index contributed by atoms with van der Waals surface area (Å²) < 4.78 is 19.2. The number of rotatable bonds is 4. The van der Waals surface area contributed by atoms with Gasteiger partial charge in [-0.3, -0.25) is 0 Å². The average Bonchev–Trinajstić information content (AvgIpc) is 2.83. The Labute approximate surface area is 191 Å². The Bertz CT molecular complexity index is 1180. The minimum absolute atomic E-state index is 0.187. The third kappa shape index (κ3) is 6.18. The van der Waals surface area contributed by atoms with Crippen molar-refractivity contribution in [3.8, 4) is 11.8 Å². The van der Waals surface area contributed by atoms with Crippen LogP contribution in [0.15, 0.2) is 54.9 Å². The van der Waals surface area contributed by atoms with E-state index < -0.39 is 6.03 Å². The first-order valence-corrected chi connectivity index (χ1v) is 10.4. The molecule has 2 heterocycles. The summed E-state index contributed by atoms with van der Waals surface area (Å²) in [6.07, 6.45) is 3.09. The summed E-state index contributed by atoms with van der Waals surface area (Å²) >= 11 is 0. The molecule has 168 valence electrons. The number of hydrogen-bond donors (Lipinski definition) is 3. The zero-order chi connectivity index (χ0) is 23.0. The van der Waals surface area contributed by atoms with E-state index in [2.05, 4.69) is 37.3 Å². The third-order valence-corrected chi connectivity index (χ3v) is 4.98. The van der Waals surface area contributed by atoms with Crippen LogP contribution in [-0.2, 0) is 11.3 Å². The molecule has 4 N–H and O–H groups in total. The summed E-state index contributed by atoms with van der Waals surface area (Å²) in [7, 11) is 0. The number of hydrogen-bond acceptors (Lipinski definition) is 6. The van der Waals surface area contributed by atoms with E-state index in [9.17, 15) is 9.18 Å². The molecule has 8 nitrogen and oxygen atoms in total. The summed E-state index contributed by atoms with van der Waals surface area (Å²) in [6, 6.07) is 11.4. The summed E-state index contributed by atoms with van der Waals surface area (Å²) in [6.45, 7) is 2.87. The first-order chi connectivity index (χ1) is 16.1. The summed E-state index contributed by atoms with van der Waals surface area (Å²) in [5.41, 5.74) is 9.00. The van der Waals surface area contributed by atoms with E-state index in [1.807, 2.05) is 6.07 Å². The summed E-state index contributed by atoms with van der Waals surface area (Å²) in [4.78, 5) is 22.4. The van der Waals surface area contributed by atoms with Gasteiger partial charge in [-0.1, -0.05) is 17.9 Å². The SMILES string of the molecule is Nc1ncc(C#Cc2cccc(NC(=O)NCc3cc(F)ccc3N3CCOCC3)c2)cn1. The molecular weight excluding hydrogens is 423 g/mol. The molecule has 1 fully saturated rings. The standard InChI is InChI=1S/C24H23FN6O2/c25-20-6-7-22(31-8-10-33-11-9-31)19(13-20)16-29-24(32)30-21-3-1-2-17(12-21)4-5-18-14-27-23(26)28-15-18/h1-3,6-7,12-15H,8-11,16H2,(H2,26,27,28)(H2,29,30,32). The maximum atomic E-state index is 13.8. The van der Waals surface area contributed by atoms with Crippen LogP contribution in [0.5, 0.6) is 0 Å². The number of anilines is 3. The van der Waals surface area contributed by atoms with Gasteiger partial charge >= 0.3 is 6.03 Å². The number of morpholine rings is 1. The van der Waals surface area contributed by atoms with Crippen LogP contribution in [0.1, 0.15) is 16.7 Å². The Morgan fingerprint density at radius 3 is 2.64 bits per heavy atom. The highest BCUT2D eigenvalue weighted by atomic mass is 19.1. The zero-order valence-electron chi connectivity index (χ0n) is 17.8. The van der Waals surface area contributed by atoms with E-state index in [1.165, 1.54) is 12.1 Å². The maximum absolute atomic E-state index is 13.8. The van der Waals surface area contributed by atoms with Crippen molar-refractivity contribution in [3.63, 3.8) is 0 Å². The van der Waals surface area contributed by atoms with Gasteiger partial charge in [0.2, 0.25) is 5.95 Å². The number of aromatic nitrogens is 2. The van der Waals surface area contributed by atoms with Crippen LogP contribution in [0.3, 0.4) is 0 Å². The van der Waals surface area contributed by atoms with Crippen LogP contribution in [0.4, 0.5) is 26.5 Å². The van der Waals surface area contributed by atoms with Crippen LogP contribution in [-0.4, -0.2) is 42.3 Å². The van der Waals surface area contributed by atoms with Gasteiger partial charge < -0.3 is 26.0 Å². The molecule has 1 aliphatic heterocycles. The van der Waals surface area contributed by atoms with Gasteiger partial charge in [0, 0.05) is 49.0 Å². The second-order valence-electron chi connectivity index (χ2n) is 7.34. The Hall–Kier alpha value is -4.16. The highest BCUT2D eigenvalue weighted by molar-refractivity contribution is 5.89. The molecule has 9 heteroatoms. The highest BCUT2D eigenvalue weighted by Crippen LogP contribution is 2.23. The fourth-order valence-electron chi connectivity index (χ4n) is 3.38. The molecule has 0 radical (unpaired) electrons. The van der Waals surface area contributed by atoms with Crippen molar-refractivity contribution >= 4 is 23.4 Å². The molecule has 0 spiro atoms. The molecule has 0 unspecified atom stereocenters. The van der Waals surface area contributed by atoms with Crippen molar-refractivity contribution < 1.29 is 13.9 Å². The first kappa shape index (κ1) is 22.0. The molecule has 2 aromatic carbocycles. The number of carbonyl (C=O) groups is 1. The Morgan fingerprint density at radius 1 is 1.09 bits per heavy atom. The Morgan fingerprint density at radius 2 is 1.85 bits per heavy atom. The van der Waals surface area contributed by atoms with E-state index in [1.54, 1.807) is 36.7 Å². The lowest BCUT2D eigenvalue weighted by molar-refractivity contribution is 0.122. The zero-order valence-corrected chi connectivity index (χ0v) is 17.8. The van der Waals surface area contributed by atoms with Gasteiger partial charge in [0.05, 0.1) is 18.8 Å².